The fourth-order valence-electron chi connectivity index (χ4n) is 5.30. The molecule has 3 N–H and O–H groups in total. The van der Waals surface area contributed by atoms with Crippen molar-refractivity contribution < 1.29 is 0 Å². The molecule has 4 nitrogen and oxygen atoms in total. The maximum atomic E-state index is 11.8. The monoisotopic (exact) mass is 259 g/mol. The van der Waals surface area contributed by atoms with Gasteiger partial charge in [-0.05, 0) is 56.3 Å². The van der Waals surface area contributed by atoms with Gasteiger partial charge in [-0.3, -0.25) is 4.79 Å². The molecule has 4 fully saturated rings. The second-order valence-electron chi connectivity index (χ2n) is 6.98. The number of rotatable bonds is 2. The summed E-state index contributed by atoms with van der Waals surface area (Å²) in [6.07, 6.45) is 7.93. The Kier molecular flexibility index (Phi) is 2.40. The van der Waals surface area contributed by atoms with Gasteiger partial charge in [-0.15, -0.1) is 0 Å². The van der Waals surface area contributed by atoms with E-state index < -0.39 is 0 Å². The van der Waals surface area contributed by atoms with Crippen LogP contribution in [0.4, 0.5) is 0 Å². The van der Waals surface area contributed by atoms with E-state index in [-0.39, 0.29) is 11.0 Å². The lowest BCUT2D eigenvalue weighted by molar-refractivity contribution is -0.00740. The van der Waals surface area contributed by atoms with Crippen molar-refractivity contribution in [3.63, 3.8) is 0 Å². The third-order valence-electron chi connectivity index (χ3n) is 5.57. The zero-order chi connectivity index (χ0) is 13.0. The van der Waals surface area contributed by atoms with Gasteiger partial charge in [0.2, 0.25) is 0 Å². The molecule has 4 bridgehead atoms. The SMILES string of the molecule is NCc1nc(C23CC4CC(CC(C4)C2)C3)cc(=O)[nH]1. The number of hydrogen-bond donors (Lipinski definition) is 2. The van der Waals surface area contributed by atoms with Gasteiger partial charge < -0.3 is 10.7 Å². The largest absolute Gasteiger partial charge is 0.324 e. The number of H-pyrrole nitrogens is 1. The first-order chi connectivity index (χ1) is 9.17. The molecule has 1 heterocycles. The van der Waals surface area contributed by atoms with Crippen molar-refractivity contribution in [3.05, 3.63) is 27.9 Å². The predicted molar refractivity (Wildman–Crippen MR) is 72.6 cm³/mol. The second kappa shape index (κ2) is 3.92. The molecule has 102 valence electrons. The van der Waals surface area contributed by atoms with Gasteiger partial charge in [0.1, 0.15) is 5.82 Å². The fourth-order valence-corrected chi connectivity index (χ4v) is 5.30. The van der Waals surface area contributed by atoms with E-state index >= 15 is 0 Å². The van der Waals surface area contributed by atoms with E-state index in [1.807, 2.05) is 0 Å². The second-order valence-corrected chi connectivity index (χ2v) is 6.98. The van der Waals surface area contributed by atoms with Crippen LogP contribution in [-0.4, -0.2) is 9.97 Å². The Labute approximate surface area is 112 Å². The molecule has 19 heavy (non-hydrogen) atoms. The van der Waals surface area contributed by atoms with Crippen molar-refractivity contribution in [3.8, 4) is 0 Å². The topological polar surface area (TPSA) is 71.8 Å². The van der Waals surface area contributed by atoms with Crippen LogP contribution in [0.5, 0.6) is 0 Å². The average Bonchev–Trinajstić information content (AvgIpc) is 2.36. The van der Waals surface area contributed by atoms with Crippen molar-refractivity contribution >= 4 is 0 Å². The molecule has 0 aromatic carbocycles. The van der Waals surface area contributed by atoms with E-state index in [9.17, 15) is 4.79 Å². The van der Waals surface area contributed by atoms with Crippen LogP contribution in [-0.2, 0) is 12.0 Å². The smallest absolute Gasteiger partial charge is 0.251 e. The molecule has 1 aromatic rings. The van der Waals surface area contributed by atoms with Gasteiger partial charge in [-0.1, -0.05) is 0 Å². The predicted octanol–water partition coefficient (Wildman–Crippen LogP) is 1.70. The number of nitrogens with two attached hydrogens (primary N) is 1. The lowest BCUT2D eigenvalue weighted by Gasteiger charge is -2.56. The van der Waals surface area contributed by atoms with Crippen LogP contribution >= 0.6 is 0 Å². The van der Waals surface area contributed by atoms with E-state index in [2.05, 4.69) is 9.97 Å². The molecule has 4 heteroatoms. The van der Waals surface area contributed by atoms with Crippen LogP contribution in [0, 0.1) is 17.8 Å². The Hall–Kier alpha value is -1.16. The van der Waals surface area contributed by atoms with Crippen molar-refractivity contribution in [2.75, 3.05) is 0 Å². The minimum atomic E-state index is -0.0406. The minimum Gasteiger partial charge on any atom is -0.324 e. The molecule has 4 aliphatic carbocycles. The summed E-state index contributed by atoms with van der Waals surface area (Å²) in [5.41, 5.74) is 6.82. The molecule has 0 radical (unpaired) electrons. The van der Waals surface area contributed by atoms with Crippen LogP contribution in [0.1, 0.15) is 50.0 Å². The van der Waals surface area contributed by atoms with Crippen molar-refractivity contribution in [2.24, 2.45) is 23.5 Å². The van der Waals surface area contributed by atoms with E-state index in [0.29, 0.717) is 12.4 Å². The van der Waals surface area contributed by atoms with Crippen molar-refractivity contribution in [1.82, 2.24) is 9.97 Å². The molecule has 0 spiro atoms. The molecule has 4 aliphatic rings. The molecule has 0 aliphatic heterocycles. The van der Waals surface area contributed by atoms with E-state index in [0.717, 1.165) is 23.4 Å². The molecule has 5 rings (SSSR count). The highest BCUT2D eigenvalue weighted by molar-refractivity contribution is 5.22. The maximum absolute atomic E-state index is 11.8. The van der Waals surface area contributed by atoms with Gasteiger partial charge in [0.05, 0.1) is 12.2 Å². The van der Waals surface area contributed by atoms with Gasteiger partial charge in [-0.25, -0.2) is 4.98 Å². The van der Waals surface area contributed by atoms with Gasteiger partial charge in [-0.2, -0.15) is 0 Å². The van der Waals surface area contributed by atoms with E-state index in [1.165, 1.54) is 38.5 Å². The summed E-state index contributed by atoms with van der Waals surface area (Å²) in [7, 11) is 0. The zero-order valence-electron chi connectivity index (χ0n) is 11.2. The fraction of sp³-hybridized carbons (Fsp3) is 0.733. The van der Waals surface area contributed by atoms with E-state index in [4.69, 9.17) is 5.73 Å². The lowest BCUT2D eigenvalue weighted by atomic mass is 9.49. The quantitative estimate of drug-likeness (QED) is 0.849. The average molecular weight is 259 g/mol. The molecule has 0 atom stereocenters. The van der Waals surface area contributed by atoms with Crippen LogP contribution in [0.25, 0.3) is 0 Å². The molecule has 0 amide bonds. The summed E-state index contributed by atoms with van der Waals surface area (Å²) in [5, 5.41) is 0. The van der Waals surface area contributed by atoms with Crippen molar-refractivity contribution in [1.29, 1.82) is 0 Å². The summed E-state index contributed by atoms with van der Waals surface area (Å²) >= 11 is 0. The van der Waals surface area contributed by atoms with E-state index in [1.54, 1.807) is 6.07 Å². The maximum Gasteiger partial charge on any atom is 0.251 e. The molecular formula is C15H21N3O. The summed E-state index contributed by atoms with van der Waals surface area (Å²) in [6.45, 7) is 0.315. The summed E-state index contributed by atoms with van der Waals surface area (Å²) in [5.74, 6) is 3.24. The van der Waals surface area contributed by atoms with Gasteiger partial charge in [0, 0.05) is 11.5 Å². The third kappa shape index (κ3) is 1.76. The summed E-state index contributed by atoms with van der Waals surface area (Å²) in [6, 6.07) is 1.73. The Bertz CT molecular complexity index is 527. The summed E-state index contributed by atoms with van der Waals surface area (Å²) < 4.78 is 0. The van der Waals surface area contributed by atoms with Gasteiger partial charge in [0.25, 0.3) is 5.56 Å². The molecular weight excluding hydrogens is 238 g/mol. The number of hydrogen-bond acceptors (Lipinski definition) is 3. The highest BCUT2D eigenvalue weighted by Crippen LogP contribution is 2.60. The number of aromatic nitrogens is 2. The first-order valence-electron chi connectivity index (χ1n) is 7.48. The van der Waals surface area contributed by atoms with Crippen molar-refractivity contribution in [2.45, 2.75) is 50.5 Å². The molecule has 1 aromatic heterocycles. The van der Waals surface area contributed by atoms with Crippen LogP contribution in [0.15, 0.2) is 10.9 Å². The third-order valence-corrected chi connectivity index (χ3v) is 5.57. The number of nitrogens with zero attached hydrogens (tertiary/aromatic N) is 1. The van der Waals surface area contributed by atoms with Crippen LogP contribution in [0.2, 0.25) is 0 Å². The van der Waals surface area contributed by atoms with Gasteiger partial charge >= 0.3 is 0 Å². The summed E-state index contributed by atoms with van der Waals surface area (Å²) in [4.78, 5) is 19.2. The van der Waals surface area contributed by atoms with Gasteiger partial charge in [0.15, 0.2) is 0 Å². The molecule has 0 saturated heterocycles. The first-order valence-corrected chi connectivity index (χ1v) is 7.48. The number of nitrogens with one attached hydrogen (secondary N) is 1. The molecule has 0 unspecified atom stereocenters. The normalized spacial score (nSPS) is 39.7. The highest BCUT2D eigenvalue weighted by atomic mass is 16.1. The minimum absolute atomic E-state index is 0.0406. The Morgan fingerprint density at radius 2 is 1.79 bits per heavy atom. The lowest BCUT2D eigenvalue weighted by Crippen LogP contribution is -2.49. The Morgan fingerprint density at radius 3 is 2.32 bits per heavy atom. The number of aromatic amines is 1. The highest BCUT2D eigenvalue weighted by Gasteiger charge is 2.52. The first kappa shape index (κ1) is 11.6. The standard InChI is InChI=1S/C15H21N3O/c16-8-13-17-12(4-14(19)18-13)15-5-9-1-10(6-15)3-11(2-9)7-15/h4,9-11H,1-3,5-8,16H2,(H,17,18,19). The zero-order valence-corrected chi connectivity index (χ0v) is 11.2. The Balaban J connectivity index is 1.79. The van der Waals surface area contributed by atoms with Crippen LogP contribution < -0.4 is 11.3 Å². The van der Waals surface area contributed by atoms with Crippen LogP contribution in [0.3, 0.4) is 0 Å². The Morgan fingerprint density at radius 1 is 1.21 bits per heavy atom. The molecule has 4 saturated carbocycles.